The Labute approximate surface area is 129 Å². The third kappa shape index (κ3) is 4.45. The van der Waals surface area contributed by atoms with Crippen molar-refractivity contribution >= 4 is 0 Å². The van der Waals surface area contributed by atoms with Gasteiger partial charge in [0.05, 0.1) is 7.11 Å². The van der Waals surface area contributed by atoms with Crippen molar-refractivity contribution in [1.29, 1.82) is 0 Å². The van der Waals surface area contributed by atoms with Crippen LogP contribution in [0.5, 0.6) is 5.75 Å². The molecule has 120 valence electrons. The molecule has 3 N–H and O–H groups in total. The molecule has 0 aliphatic carbocycles. The van der Waals surface area contributed by atoms with Gasteiger partial charge in [0.15, 0.2) is 0 Å². The molecule has 0 aliphatic heterocycles. The van der Waals surface area contributed by atoms with Crippen molar-refractivity contribution in [2.75, 3.05) is 20.3 Å². The smallest absolute Gasteiger partial charge is 0.126 e. The summed E-state index contributed by atoms with van der Waals surface area (Å²) in [7, 11) is 1.74. The highest BCUT2D eigenvalue weighted by molar-refractivity contribution is 5.49. The minimum Gasteiger partial charge on any atom is -0.496 e. The lowest BCUT2D eigenvalue weighted by molar-refractivity contribution is 0.216. The van der Waals surface area contributed by atoms with Crippen LogP contribution in [0.2, 0.25) is 0 Å². The number of nitrogens with two attached hydrogens (primary N) is 1. The Hall–Kier alpha value is -1.06. The Bertz CT molecular complexity index is 459. The van der Waals surface area contributed by atoms with E-state index in [4.69, 9.17) is 10.5 Å². The molecule has 21 heavy (non-hydrogen) atoms. The molecule has 2 atom stereocenters. The fourth-order valence-electron chi connectivity index (χ4n) is 2.82. The second-order valence-electron chi connectivity index (χ2n) is 7.11. The monoisotopic (exact) mass is 293 g/mol. The summed E-state index contributed by atoms with van der Waals surface area (Å²) in [6, 6.07) is 4.41. The van der Waals surface area contributed by atoms with Crippen LogP contribution in [-0.4, -0.2) is 25.4 Å². The van der Waals surface area contributed by atoms with Crippen LogP contribution in [0.4, 0.5) is 0 Å². The fourth-order valence-corrected chi connectivity index (χ4v) is 2.82. The molecule has 0 aromatic heterocycles. The number of aliphatic hydroxyl groups is 1. The highest BCUT2D eigenvalue weighted by atomic mass is 16.5. The van der Waals surface area contributed by atoms with Gasteiger partial charge in [0.2, 0.25) is 0 Å². The first-order valence-electron chi connectivity index (χ1n) is 7.74. The molecule has 2 unspecified atom stereocenters. The standard InChI is InChI=1S/C18H31NO2/c1-12-7-15(13(2)9-14(10-19)11-20)17(21-6)16(8-12)18(3,4)5/h7-8,13-14,20H,9-11,19H2,1-6H3. The average molecular weight is 293 g/mol. The number of methoxy groups -OCH3 is 1. The second-order valence-corrected chi connectivity index (χ2v) is 7.11. The number of aryl methyl sites for hydroxylation is 1. The van der Waals surface area contributed by atoms with Crippen molar-refractivity contribution in [3.05, 3.63) is 28.8 Å². The summed E-state index contributed by atoms with van der Waals surface area (Å²) in [5.41, 5.74) is 9.46. The van der Waals surface area contributed by atoms with E-state index in [2.05, 4.69) is 46.8 Å². The van der Waals surface area contributed by atoms with Crippen LogP contribution in [0.3, 0.4) is 0 Å². The Balaban J connectivity index is 3.25. The summed E-state index contributed by atoms with van der Waals surface area (Å²) in [4.78, 5) is 0. The quantitative estimate of drug-likeness (QED) is 0.845. The van der Waals surface area contributed by atoms with Crippen molar-refractivity contribution in [3.8, 4) is 5.75 Å². The van der Waals surface area contributed by atoms with Crippen LogP contribution in [0, 0.1) is 12.8 Å². The predicted octanol–water partition coefficient (Wildman–Crippen LogP) is 3.36. The van der Waals surface area contributed by atoms with Crippen LogP contribution in [0.25, 0.3) is 0 Å². The van der Waals surface area contributed by atoms with Crippen LogP contribution in [0.1, 0.15) is 56.7 Å². The summed E-state index contributed by atoms with van der Waals surface area (Å²) >= 11 is 0. The van der Waals surface area contributed by atoms with Crippen molar-refractivity contribution < 1.29 is 9.84 Å². The van der Waals surface area contributed by atoms with E-state index in [1.54, 1.807) is 7.11 Å². The van der Waals surface area contributed by atoms with Gasteiger partial charge in [-0.05, 0) is 42.7 Å². The van der Waals surface area contributed by atoms with Gasteiger partial charge in [0.25, 0.3) is 0 Å². The molecule has 0 radical (unpaired) electrons. The molecule has 1 aromatic rings. The summed E-state index contributed by atoms with van der Waals surface area (Å²) in [5.74, 6) is 1.43. The first-order valence-corrected chi connectivity index (χ1v) is 7.74. The van der Waals surface area contributed by atoms with E-state index in [0.717, 1.165) is 12.2 Å². The molecule has 0 spiro atoms. The summed E-state index contributed by atoms with van der Waals surface area (Å²) < 4.78 is 5.73. The fraction of sp³-hybridized carbons (Fsp3) is 0.667. The lowest BCUT2D eigenvalue weighted by atomic mass is 9.81. The highest BCUT2D eigenvalue weighted by Gasteiger charge is 2.24. The number of hydrogen-bond acceptors (Lipinski definition) is 3. The summed E-state index contributed by atoms with van der Waals surface area (Å²) in [5, 5.41) is 9.38. The van der Waals surface area contributed by atoms with Gasteiger partial charge in [-0.3, -0.25) is 0 Å². The zero-order valence-corrected chi connectivity index (χ0v) is 14.4. The third-order valence-electron chi connectivity index (χ3n) is 4.08. The van der Waals surface area contributed by atoms with Crippen LogP contribution in [-0.2, 0) is 5.41 Å². The first kappa shape index (κ1) is 18.0. The maximum Gasteiger partial charge on any atom is 0.126 e. The molecule has 3 heteroatoms. The molecule has 0 saturated carbocycles. The molecule has 0 heterocycles. The lowest BCUT2D eigenvalue weighted by Gasteiger charge is -2.27. The summed E-state index contributed by atoms with van der Waals surface area (Å²) in [6.45, 7) is 11.6. The predicted molar refractivity (Wildman–Crippen MR) is 89.1 cm³/mol. The number of benzene rings is 1. The Morgan fingerprint density at radius 3 is 2.33 bits per heavy atom. The second kappa shape index (κ2) is 7.28. The van der Waals surface area contributed by atoms with Gasteiger partial charge in [-0.2, -0.15) is 0 Å². The maximum absolute atomic E-state index is 9.38. The molecule has 0 fully saturated rings. The number of aliphatic hydroxyl groups excluding tert-OH is 1. The van der Waals surface area contributed by atoms with Gasteiger partial charge in [-0.25, -0.2) is 0 Å². The minimum atomic E-state index is 0.0378. The molecule has 1 aromatic carbocycles. The van der Waals surface area contributed by atoms with Crippen molar-refractivity contribution in [2.24, 2.45) is 11.7 Å². The van der Waals surface area contributed by atoms with Gasteiger partial charge < -0.3 is 15.6 Å². The van der Waals surface area contributed by atoms with Crippen molar-refractivity contribution in [3.63, 3.8) is 0 Å². The van der Waals surface area contributed by atoms with E-state index in [1.807, 2.05) is 0 Å². The van der Waals surface area contributed by atoms with Gasteiger partial charge in [-0.1, -0.05) is 45.4 Å². The first-order chi connectivity index (χ1) is 9.74. The normalized spacial score (nSPS) is 14.9. The number of ether oxygens (including phenoxy) is 1. The largest absolute Gasteiger partial charge is 0.496 e. The van der Waals surface area contributed by atoms with Gasteiger partial charge in [0, 0.05) is 12.2 Å². The van der Waals surface area contributed by atoms with Gasteiger partial charge in [-0.15, -0.1) is 0 Å². The van der Waals surface area contributed by atoms with Crippen LogP contribution in [0.15, 0.2) is 12.1 Å². The van der Waals surface area contributed by atoms with Crippen molar-refractivity contribution in [2.45, 2.75) is 52.4 Å². The van der Waals surface area contributed by atoms with Crippen LogP contribution >= 0.6 is 0 Å². The van der Waals surface area contributed by atoms with Gasteiger partial charge in [0.1, 0.15) is 5.75 Å². The van der Waals surface area contributed by atoms with E-state index in [9.17, 15) is 5.11 Å². The number of hydrogen-bond donors (Lipinski definition) is 2. The average Bonchev–Trinajstić information content (AvgIpc) is 2.42. The zero-order chi connectivity index (χ0) is 16.2. The minimum absolute atomic E-state index is 0.0378. The van der Waals surface area contributed by atoms with E-state index >= 15 is 0 Å². The van der Waals surface area contributed by atoms with E-state index in [-0.39, 0.29) is 17.9 Å². The highest BCUT2D eigenvalue weighted by Crippen LogP contribution is 2.39. The molecule has 3 nitrogen and oxygen atoms in total. The Kier molecular flexibility index (Phi) is 6.24. The van der Waals surface area contributed by atoms with Crippen molar-refractivity contribution in [1.82, 2.24) is 0 Å². The SMILES string of the molecule is COc1c(C(C)CC(CN)CO)cc(C)cc1C(C)(C)C. The van der Waals surface area contributed by atoms with Gasteiger partial charge >= 0.3 is 0 Å². The zero-order valence-electron chi connectivity index (χ0n) is 14.4. The molecule has 0 amide bonds. The Morgan fingerprint density at radius 1 is 1.29 bits per heavy atom. The molecular formula is C18H31NO2. The third-order valence-corrected chi connectivity index (χ3v) is 4.08. The Morgan fingerprint density at radius 2 is 1.90 bits per heavy atom. The number of rotatable bonds is 6. The maximum atomic E-state index is 9.38. The topological polar surface area (TPSA) is 55.5 Å². The molecule has 0 bridgehead atoms. The van der Waals surface area contributed by atoms with E-state index in [0.29, 0.717) is 12.5 Å². The molecular weight excluding hydrogens is 262 g/mol. The lowest BCUT2D eigenvalue weighted by Crippen LogP contribution is -2.21. The molecule has 0 aliphatic rings. The van der Waals surface area contributed by atoms with E-state index in [1.165, 1.54) is 16.7 Å². The molecule has 0 saturated heterocycles. The molecule has 1 rings (SSSR count). The van der Waals surface area contributed by atoms with Crippen LogP contribution < -0.4 is 10.5 Å². The van der Waals surface area contributed by atoms with E-state index < -0.39 is 0 Å². The summed E-state index contributed by atoms with van der Waals surface area (Å²) in [6.07, 6.45) is 0.871.